The van der Waals surface area contributed by atoms with Crippen LogP contribution in [0.2, 0.25) is 5.02 Å². The van der Waals surface area contributed by atoms with Crippen molar-refractivity contribution in [2.45, 2.75) is 13.0 Å². The Morgan fingerprint density at radius 2 is 2.04 bits per heavy atom. The fourth-order valence-electron chi connectivity index (χ4n) is 2.34. The zero-order valence-corrected chi connectivity index (χ0v) is 14.2. The summed E-state index contributed by atoms with van der Waals surface area (Å²) < 4.78 is 33.8. The standard InChI is InChI=1S/C16H13ClF2N4O3/c1-22-16(25)23(21-20-22)13-4-2-3-12(17)11(13)8-26-14-6-5-9(24)7-10(14)15(18)19/h2-7,15,24H,8H2,1H3. The Kier molecular flexibility index (Phi) is 4.90. The van der Waals surface area contributed by atoms with Gasteiger partial charge in [0.25, 0.3) is 6.43 Å². The first-order valence-corrected chi connectivity index (χ1v) is 7.77. The molecule has 0 bridgehead atoms. The number of ether oxygens (including phenoxy) is 1. The van der Waals surface area contributed by atoms with Crippen LogP contribution in [0.15, 0.2) is 41.2 Å². The Balaban J connectivity index is 1.97. The number of aryl methyl sites for hydroxylation is 1. The minimum absolute atomic E-state index is 0.102. The monoisotopic (exact) mass is 382 g/mol. The number of nitrogens with zero attached hydrogens (tertiary/aromatic N) is 4. The van der Waals surface area contributed by atoms with Crippen molar-refractivity contribution in [3.05, 3.63) is 63.0 Å². The molecule has 0 saturated carbocycles. The van der Waals surface area contributed by atoms with E-state index in [0.717, 1.165) is 15.4 Å². The number of rotatable bonds is 5. The molecule has 0 aliphatic rings. The summed E-state index contributed by atoms with van der Waals surface area (Å²) in [5, 5.41) is 17.0. The Hall–Kier alpha value is -2.94. The molecule has 26 heavy (non-hydrogen) atoms. The van der Waals surface area contributed by atoms with Gasteiger partial charge in [0, 0.05) is 17.6 Å². The first-order chi connectivity index (χ1) is 12.4. The lowest BCUT2D eigenvalue weighted by Gasteiger charge is -2.14. The molecule has 0 fully saturated rings. The fraction of sp³-hybridized carbons (Fsp3) is 0.188. The molecule has 0 amide bonds. The van der Waals surface area contributed by atoms with Gasteiger partial charge in [0.1, 0.15) is 18.1 Å². The summed E-state index contributed by atoms with van der Waals surface area (Å²) in [6.07, 6.45) is -2.83. The summed E-state index contributed by atoms with van der Waals surface area (Å²) in [4.78, 5) is 12.1. The van der Waals surface area contributed by atoms with Gasteiger partial charge in [-0.2, -0.15) is 9.36 Å². The van der Waals surface area contributed by atoms with Crippen LogP contribution >= 0.6 is 11.6 Å². The maximum atomic E-state index is 13.1. The van der Waals surface area contributed by atoms with E-state index in [9.17, 15) is 18.7 Å². The number of benzene rings is 2. The maximum Gasteiger partial charge on any atom is 0.368 e. The average Bonchev–Trinajstić information content (AvgIpc) is 2.93. The Labute approximate surface area is 151 Å². The maximum absolute atomic E-state index is 13.1. The summed E-state index contributed by atoms with van der Waals surface area (Å²) in [5.41, 5.74) is -0.236. The first kappa shape index (κ1) is 17.9. The van der Waals surface area contributed by atoms with Crippen molar-refractivity contribution < 1.29 is 18.6 Å². The zero-order chi connectivity index (χ0) is 18.8. The van der Waals surface area contributed by atoms with Crippen LogP contribution in [0.1, 0.15) is 17.6 Å². The van der Waals surface area contributed by atoms with E-state index in [0.29, 0.717) is 11.3 Å². The molecule has 3 aromatic rings. The zero-order valence-electron chi connectivity index (χ0n) is 13.4. The van der Waals surface area contributed by atoms with E-state index < -0.39 is 17.7 Å². The van der Waals surface area contributed by atoms with E-state index in [4.69, 9.17) is 16.3 Å². The van der Waals surface area contributed by atoms with Gasteiger partial charge >= 0.3 is 5.69 Å². The first-order valence-electron chi connectivity index (χ1n) is 7.39. The second-order valence-corrected chi connectivity index (χ2v) is 5.75. The van der Waals surface area contributed by atoms with E-state index >= 15 is 0 Å². The van der Waals surface area contributed by atoms with Crippen LogP contribution in [-0.4, -0.2) is 24.9 Å². The molecular weight excluding hydrogens is 370 g/mol. The van der Waals surface area contributed by atoms with Crippen molar-refractivity contribution in [3.63, 3.8) is 0 Å². The number of halogens is 3. The molecule has 0 aliphatic heterocycles. The lowest BCUT2D eigenvalue weighted by Crippen LogP contribution is -2.23. The number of hydrogen-bond acceptors (Lipinski definition) is 5. The summed E-state index contributed by atoms with van der Waals surface area (Å²) in [7, 11) is 1.44. The second kappa shape index (κ2) is 7.12. The largest absolute Gasteiger partial charge is 0.508 e. The van der Waals surface area contributed by atoms with Gasteiger partial charge in [-0.25, -0.2) is 13.6 Å². The number of tetrazole rings is 1. The molecule has 3 rings (SSSR count). The highest BCUT2D eigenvalue weighted by Crippen LogP contribution is 2.33. The smallest absolute Gasteiger partial charge is 0.368 e. The normalized spacial score (nSPS) is 11.1. The lowest BCUT2D eigenvalue weighted by atomic mass is 10.1. The van der Waals surface area contributed by atoms with Gasteiger partial charge in [0.2, 0.25) is 0 Å². The molecule has 0 spiro atoms. The highest BCUT2D eigenvalue weighted by molar-refractivity contribution is 6.31. The van der Waals surface area contributed by atoms with Crippen LogP contribution in [0.5, 0.6) is 11.5 Å². The summed E-state index contributed by atoms with van der Waals surface area (Å²) in [6, 6.07) is 8.19. The van der Waals surface area contributed by atoms with Crippen molar-refractivity contribution in [2.24, 2.45) is 7.05 Å². The molecule has 0 radical (unpaired) electrons. The van der Waals surface area contributed by atoms with E-state index in [1.807, 2.05) is 0 Å². The molecule has 0 aliphatic carbocycles. The Bertz CT molecular complexity index is 1000. The third kappa shape index (κ3) is 3.38. The van der Waals surface area contributed by atoms with E-state index in [2.05, 4.69) is 10.4 Å². The van der Waals surface area contributed by atoms with E-state index in [-0.39, 0.29) is 23.1 Å². The number of phenols is 1. The van der Waals surface area contributed by atoms with Crippen LogP contribution in [-0.2, 0) is 13.7 Å². The van der Waals surface area contributed by atoms with Gasteiger partial charge in [-0.15, -0.1) is 0 Å². The van der Waals surface area contributed by atoms with Gasteiger partial charge in [-0.3, -0.25) is 0 Å². The predicted octanol–water partition coefficient (Wildman–Crippen LogP) is 2.84. The molecule has 7 nitrogen and oxygen atoms in total. The SMILES string of the molecule is Cn1nnn(-c2cccc(Cl)c2COc2ccc(O)cc2C(F)F)c1=O. The van der Waals surface area contributed by atoms with Crippen LogP contribution in [0, 0.1) is 0 Å². The quantitative estimate of drug-likeness (QED) is 0.733. The van der Waals surface area contributed by atoms with Crippen molar-refractivity contribution in [1.29, 1.82) is 0 Å². The van der Waals surface area contributed by atoms with Crippen molar-refractivity contribution in [3.8, 4) is 17.2 Å². The highest BCUT2D eigenvalue weighted by atomic mass is 35.5. The second-order valence-electron chi connectivity index (χ2n) is 5.35. The third-order valence-electron chi connectivity index (χ3n) is 3.64. The van der Waals surface area contributed by atoms with Crippen molar-refractivity contribution in [1.82, 2.24) is 19.8 Å². The number of phenolic OH excluding ortho intramolecular Hbond substituents is 1. The van der Waals surface area contributed by atoms with Crippen LogP contribution in [0.25, 0.3) is 5.69 Å². The molecule has 136 valence electrons. The Morgan fingerprint density at radius 3 is 2.69 bits per heavy atom. The summed E-state index contributed by atoms with van der Waals surface area (Å²) in [5.74, 6) is -0.396. The molecule has 0 unspecified atom stereocenters. The molecule has 1 heterocycles. The number of alkyl halides is 2. The molecule has 0 saturated heterocycles. The van der Waals surface area contributed by atoms with Gasteiger partial charge in [-0.05, 0) is 40.8 Å². The molecule has 0 atom stereocenters. The van der Waals surface area contributed by atoms with Crippen LogP contribution in [0.3, 0.4) is 0 Å². The minimum Gasteiger partial charge on any atom is -0.508 e. The van der Waals surface area contributed by atoms with Crippen molar-refractivity contribution in [2.75, 3.05) is 0 Å². The van der Waals surface area contributed by atoms with Gasteiger partial charge in [-0.1, -0.05) is 17.7 Å². The number of aromatic nitrogens is 4. The van der Waals surface area contributed by atoms with Crippen LogP contribution < -0.4 is 10.4 Å². The summed E-state index contributed by atoms with van der Waals surface area (Å²) in [6.45, 7) is -0.192. The fourth-order valence-corrected chi connectivity index (χ4v) is 2.57. The van der Waals surface area contributed by atoms with Gasteiger partial charge in [0.15, 0.2) is 0 Å². The van der Waals surface area contributed by atoms with Crippen LogP contribution in [0.4, 0.5) is 8.78 Å². The topological polar surface area (TPSA) is 82.2 Å². The molecule has 10 heteroatoms. The molecule has 1 aromatic heterocycles. The Morgan fingerprint density at radius 1 is 1.27 bits per heavy atom. The predicted molar refractivity (Wildman–Crippen MR) is 89.0 cm³/mol. The lowest BCUT2D eigenvalue weighted by molar-refractivity contribution is 0.144. The molecule has 1 N–H and O–H groups in total. The van der Waals surface area contributed by atoms with Gasteiger partial charge in [0.05, 0.1) is 11.3 Å². The number of aromatic hydroxyl groups is 1. The average molecular weight is 383 g/mol. The molecular formula is C16H13ClF2N4O3. The van der Waals surface area contributed by atoms with Crippen molar-refractivity contribution >= 4 is 11.6 Å². The minimum atomic E-state index is -2.83. The molecule has 2 aromatic carbocycles. The van der Waals surface area contributed by atoms with Gasteiger partial charge < -0.3 is 9.84 Å². The summed E-state index contributed by atoms with van der Waals surface area (Å²) >= 11 is 6.19. The van der Waals surface area contributed by atoms with E-state index in [1.54, 1.807) is 18.2 Å². The third-order valence-corrected chi connectivity index (χ3v) is 4.00. The van der Waals surface area contributed by atoms with E-state index in [1.165, 1.54) is 19.2 Å². The highest BCUT2D eigenvalue weighted by Gasteiger charge is 2.18. The number of hydrogen-bond donors (Lipinski definition) is 1.